The summed E-state index contributed by atoms with van der Waals surface area (Å²) in [5, 5.41) is -0.239. The fraction of sp³-hybridized carbons (Fsp3) is 0.647. The summed E-state index contributed by atoms with van der Waals surface area (Å²) in [5.74, 6) is 0. The number of methoxy groups -OCH3 is 1. The van der Waals surface area contributed by atoms with E-state index in [9.17, 15) is 8.42 Å². The average molecular weight is 338 g/mol. The number of rotatable bonds is 5. The summed E-state index contributed by atoms with van der Waals surface area (Å²) < 4.78 is 33.0. The van der Waals surface area contributed by atoms with Gasteiger partial charge in [0.2, 0.25) is 10.0 Å². The Balaban J connectivity index is 1.63. The van der Waals surface area contributed by atoms with E-state index in [1.165, 1.54) is 0 Å². The molecule has 3 rings (SSSR count). The average Bonchev–Trinajstić information content (AvgIpc) is 3.05. The lowest BCUT2D eigenvalue weighted by atomic mass is 10.0. The molecule has 128 valence electrons. The highest BCUT2D eigenvalue weighted by atomic mass is 32.2. The molecule has 2 fully saturated rings. The van der Waals surface area contributed by atoms with Crippen molar-refractivity contribution < 1.29 is 13.2 Å². The number of sulfonamides is 1. The molecule has 1 atom stereocenters. The Kier molecular flexibility index (Phi) is 5.11. The summed E-state index contributed by atoms with van der Waals surface area (Å²) in [6.07, 6.45) is 6.06. The van der Waals surface area contributed by atoms with E-state index in [4.69, 9.17) is 4.74 Å². The molecule has 0 spiro atoms. The van der Waals surface area contributed by atoms with Gasteiger partial charge in [-0.15, -0.1) is 0 Å². The molecule has 1 heterocycles. The first-order chi connectivity index (χ1) is 11.1. The van der Waals surface area contributed by atoms with Crippen LogP contribution in [0.1, 0.15) is 38.5 Å². The fourth-order valence-corrected chi connectivity index (χ4v) is 5.10. The number of anilines is 2. The van der Waals surface area contributed by atoms with Crippen LogP contribution in [0.15, 0.2) is 24.3 Å². The van der Waals surface area contributed by atoms with Crippen LogP contribution in [0, 0.1) is 0 Å². The van der Waals surface area contributed by atoms with E-state index in [0.29, 0.717) is 11.8 Å². The third-order valence-corrected chi connectivity index (χ3v) is 6.83. The highest BCUT2D eigenvalue weighted by Gasteiger charge is 2.27. The van der Waals surface area contributed by atoms with Crippen LogP contribution in [-0.4, -0.2) is 40.0 Å². The zero-order chi connectivity index (χ0) is 16.3. The monoisotopic (exact) mass is 338 g/mol. The molecule has 1 unspecified atom stereocenters. The lowest BCUT2D eigenvalue weighted by molar-refractivity contribution is 0.121. The van der Waals surface area contributed by atoms with Gasteiger partial charge in [-0.1, -0.05) is 19.3 Å². The largest absolute Gasteiger partial charge is 0.380 e. The van der Waals surface area contributed by atoms with Gasteiger partial charge in [0.1, 0.15) is 0 Å². The minimum Gasteiger partial charge on any atom is -0.380 e. The van der Waals surface area contributed by atoms with E-state index in [2.05, 4.69) is 9.62 Å². The molecule has 23 heavy (non-hydrogen) atoms. The summed E-state index contributed by atoms with van der Waals surface area (Å²) in [6.45, 7) is 1.87. The second-order valence-corrected chi connectivity index (χ2v) is 8.51. The summed E-state index contributed by atoms with van der Waals surface area (Å²) in [5.41, 5.74) is 1.77. The van der Waals surface area contributed by atoms with Crippen LogP contribution in [0.3, 0.4) is 0 Å². The van der Waals surface area contributed by atoms with Gasteiger partial charge in [-0.05, 0) is 43.5 Å². The normalized spacial score (nSPS) is 23.2. The Hall–Kier alpha value is -1.27. The van der Waals surface area contributed by atoms with Crippen molar-refractivity contribution in [2.45, 2.75) is 49.9 Å². The molecule has 0 aromatic heterocycles. The smallest absolute Gasteiger partial charge is 0.235 e. The van der Waals surface area contributed by atoms with Crippen LogP contribution in [0.2, 0.25) is 0 Å². The molecule has 0 radical (unpaired) electrons. The molecule has 0 amide bonds. The van der Waals surface area contributed by atoms with Gasteiger partial charge in [-0.25, -0.2) is 8.42 Å². The van der Waals surface area contributed by atoms with Gasteiger partial charge < -0.3 is 9.64 Å². The number of benzene rings is 1. The number of hydrogen-bond donors (Lipinski definition) is 1. The van der Waals surface area contributed by atoms with Crippen molar-refractivity contribution in [2.24, 2.45) is 0 Å². The van der Waals surface area contributed by atoms with Crippen molar-refractivity contribution in [2.75, 3.05) is 29.8 Å². The molecule has 5 nitrogen and oxygen atoms in total. The van der Waals surface area contributed by atoms with Gasteiger partial charge in [0.15, 0.2) is 0 Å². The SMILES string of the molecule is COC1CCN(c2ccc(NS(=O)(=O)C3CCCCC3)cc2)C1. The summed E-state index contributed by atoms with van der Waals surface area (Å²) in [6, 6.07) is 7.68. The van der Waals surface area contributed by atoms with Crippen LogP contribution >= 0.6 is 0 Å². The molecule has 1 saturated heterocycles. The molecule has 1 saturated carbocycles. The van der Waals surface area contributed by atoms with Crippen LogP contribution in [0.4, 0.5) is 11.4 Å². The van der Waals surface area contributed by atoms with Crippen molar-refractivity contribution in [1.29, 1.82) is 0 Å². The predicted molar refractivity (Wildman–Crippen MR) is 93.5 cm³/mol. The Morgan fingerprint density at radius 2 is 1.78 bits per heavy atom. The highest BCUT2D eigenvalue weighted by Crippen LogP contribution is 2.27. The van der Waals surface area contributed by atoms with E-state index in [1.807, 2.05) is 24.3 Å². The number of ether oxygens (including phenoxy) is 1. The first-order valence-electron chi connectivity index (χ1n) is 8.48. The Morgan fingerprint density at radius 1 is 1.09 bits per heavy atom. The van der Waals surface area contributed by atoms with Gasteiger partial charge in [0.05, 0.1) is 11.4 Å². The molecule has 1 N–H and O–H groups in total. The predicted octanol–water partition coefficient (Wildman–Crippen LogP) is 2.99. The highest BCUT2D eigenvalue weighted by molar-refractivity contribution is 7.93. The minimum atomic E-state index is -3.26. The van der Waals surface area contributed by atoms with Crippen LogP contribution in [0.5, 0.6) is 0 Å². The molecule has 0 bridgehead atoms. The molecule has 1 aromatic carbocycles. The molecular formula is C17H26N2O3S. The Bertz CT molecular complexity index is 609. The summed E-state index contributed by atoms with van der Waals surface area (Å²) >= 11 is 0. The Morgan fingerprint density at radius 3 is 2.39 bits per heavy atom. The van der Waals surface area contributed by atoms with E-state index < -0.39 is 10.0 Å². The number of nitrogens with one attached hydrogen (secondary N) is 1. The van der Waals surface area contributed by atoms with Gasteiger partial charge in [-0.3, -0.25) is 4.72 Å². The molecule has 1 aliphatic heterocycles. The standard InChI is InChI=1S/C17H26N2O3S/c1-22-16-11-12-19(13-16)15-9-7-14(8-10-15)18-23(20,21)17-5-3-2-4-6-17/h7-10,16-18H,2-6,11-13H2,1H3. The first-order valence-corrected chi connectivity index (χ1v) is 10.0. The van der Waals surface area contributed by atoms with Crippen molar-refractivity contribution >= 4 is 21.4 Å². The summed E-state index contributed by atoms with van der Waals surface area (Å²) in [7, 11) is -1.52. The third kappa shape index (κ3) is 3.98. The molecule has 6 heteroatoms. The van der Waals surface area contributed by atoms with Gasteiger partial charge in [0.25, 0.3) is 0 Å². The lowest BCUT2D eigenvalue weighted by Gasteiger charge is -2.23. The van der Waals surface area contributed by atoms with Crippen LogP contribution < -0.4 is 9.62 Å². The van der Waals surface area contributed by atoms with Gasteiger partial charge in [-0.2, -0.15) is 0 Å². The maximum absolute atomic E-state index is 12.4. The Labute approximate surface area is 139 Å². The van der Waals surface area contributed by atoms with Crippen molar-refractivity contribution in [3.63, 3.8) is 0 Å². The zero-order valence-corrected chi connectivity index (χ0v) is 14.5. The van der Waals surface area contributed by atoms with E-state index in [-0.39, 0.29) is 5.25 Å². The number of nitrogens with zero attached hydrogens (tertiary/aromatic N) is 1. The van der Waals surface area contributed by atoms with Crippen molar-refractivity contribution in [1.82, 2.24) is 0 Å². The van der Waals surface area contributed by atoms with Crippen molar-refractivity contribution in [3.8, 4) is 0 Å². The maximum Gasteiger partial charge on any atom is 0.235 e. The first kappa shape index (κ1) is 16.6. The molecule has 1 aromatic rings. The maximum atomic E-state index is 12.4. The van der Waals surface area contributed by atoms with E-state index >= 15 is 0 Å². The van der Waals surface area contributed by atoms with Crippen LogP contribution in [0.25, 0.3) is 0 Å². The quantitative estimate of drug-likeness (QED) is 0.897. The zero-order valence-electron chi connectivity index (χ0n) is 13.7. The third-order valence-electron chi connectivity index (χ3n) is 4.96. The fourth-order valence-electron chi connectivity index (χ4n) is 3.52. The molecule has 2 aliphatic rings. The number of hydrogen-bond acceptors (Lipinski definition) is 4. The van der Waals surface area contributed by atoms with Gasteiger partial charge >= 0.3 is 0 Å². The summed E-state index contributed by atoms with van der Waals surface area (Å²) in [4.78, 5) is 2.27. The van der Waals surface area contributed by atoms with E-state index in [0.717, 1.165) is 57.3 Å². The molecular weight excluding hydrogens is 312 g/mol. The second-order valence-electron chi connectivity index (χ2n) is 6.55. The van der Waals surface area contributed by atoms with Crippen molar-refractivity contribution in [3.05, 3.63) is 24.3 Å². The molecule has 1 aliphatic carbocycles. The lowest BCUT2D eigenvalue weighted by Crippen LogP contribution is -2.29. The van der Waals surface area contributed by atoms with Crippen LogP contribution in [-0.2, 0) is 14.8 Å². The van der Waals surface area contributed by atoms with Gasteiger partial charge in [0, 0.05) is 31.6 Å². The minimum absolute atomic E-state index is 0.239. The topological polar surface area (TPSA) is 58.6 Å². The second kappa shape index (κ2) is 7.09. The van der Waals surface area contributed by atoms with E-state index in [1.54, 1.807) is 7.11 Å².